The van der Waals surface area contributed by atoms with Crippen LogP contribution in [0.1, 0.15) is 136 Å². The highest BCUT2D eigenvalue weighted by molar-refractivity contribution is 7.80. The summed E-state index contributed by atoms with van der Waals surface area (Å²) < 4.78 is 46.9. The minimum atomic E-state index is -2.61. The molecule has 0 N–H and O–H groups in total. The summed E-state index contributed by atoms with van der Waals surface area (Å²) >= 11 is 5.93. The molecule has 0 aromatic heterocycles. The van der Waals surface area contributed by atoms with Gasteiger partial charge in [0.25, 0.3) is 5.17 Å². The molecule has 0 aliphatic carbocycles. The van der Waals surface area contributed by atoms with Crippen LogP contribution in [-0.4, -0.2) is 53.2 Å². The Morgan fingerprint density at radius 2 is 1.43 bits per heavy atom. The highest BCUT2D eigenvalue weighted by Crippen LogP contribution is 2.48. The van der Waals surface area contributed by atoms with Crippen molar-refractivity contribution in [3.63, 3.8) is 0 Å². The maximum atomic E-state index is 15.1. The Bertz CT molecular complexity index is 1420. The summed E-state index contributed by atoms with van der Waals surface area (Å²) in [6, 6.07) is 19.1. The van der Waals surface area contributed by atoms with Crippen molar-refractivity contribution in [1.82, 2.24) is 4.90 Å². The second kappa shape index (κ2) is 21.8. The number of carbonyl (C=O) groups excluding carboxylic acids is 2. The maximum Gasteiger partial charge on any atom is 0.310 e. The van der Waals surface area contributed by atoms with Gasteiger partial charge in [0.05, 0.1) is 17.9 Å². The molecule has 1 heterocycles. The van der Waals surface area contributed by atoms with Crippen LogP contribution in [0.5, 0.6) is 0 Å². The number of ether oxygens (including phenoxy) is 3. The van der Waals surface area contributed by atoms with E-state index in [0.29, 0.717) is 25.7 Å². The molecule has 2 aromatic carbocycles. The largest absolute Gasteiger partial charge is 0.460 e. The third kappa shape index (κ3) is 13.0. The molecule has 0 saturated carbocycles. The summed E-state index contributed by atoms with van der Waals surface area (Å²) in [5.74, 6) is -5.31. The molecule has 2 aromatic rings. The van der Waals surface area contributed by atoms with Gasteiger partial charge in [-0.3, -0.25) is 14.5 Å². The number of unbranched alkanes of at least 4 members (excludes halogenated alkanes) is 8. The Hall–Kier alpha value is -3.17. The first-order chi connectivity index (χ1) is 25.7. The lowest BCUT2D eigenvalue weighted by atomic mass is 9.75. The van der Waals surface area contributed by atoms with Crippen molar-refractivity contribution in [3.05, 3.63) is 83.9 Å². The first-order valence-electron chi connectivity index (χ1n) is 20.1. The first-order valence-corrected chi connectivity index (χ1v) is 20.5. The number of hydrogen-bond acceptors (Lipinski definition) is 6. The van der Waals surface area contributed by atoms with Crippen LogP contribution < -0.4 is 0 Å². The van der Waals surface area contributed by atoms with E-state index in [2.05, 4.69) is 6.92 Å². The van der Waals surface area contributed by atoms with Crippen LogP contribution in [0.15, 0.2) is 72.8 Å². The Morgan fingerprint density at radius 3 is 1.93 bits per heavy atom. The molecule has 54 heavy (non-hydrogen) atoms. The molecule has 1 fully saturated rings. The van der Waals surface area contributed by atoms with E-state index < -0.39 is 41.0 Å². The molecule has 0 bridgehead atoms. The van der Waals surface area contributed by atoms with E-state index >= 15 is 4.79 Å². The van der Waals surface area contributed by atoms with E-state index in [1.54, 1.807) is 32.8 Å². The molecule has 1 aliphatic heterocycles. The molecule has 1 amide bonds. The smallest absolute Gasteiger partial charge is 0.310 e. The molecular formula is C45H65F2NO5S. The normalized spacial score (nSPS) is 17.2. The molecule has 6 nitrogen and oxygen atoms in total. The predicted octanol–water partition coefficient (Wildman–Crippen LogP) is 11.6. The van der Waals surface area contributed by atoms with Crippen molar-refractivity contribution in [2.45, 2.75) is 148 Å². The molecule has 0 radical (unpaired) electrons. The van der Waals surface area contributed by atoms with Gasteiger partial charge in [-0.1, -0.05) is 132 Å². The number of thiocarbonyl (C=S) groups is 1. The van der Waals surface area contributed by atoms with Crippen molar-refractivity contribution >= 4 is 29.3 Å². The first kappa shape index (κ1) is 45.2. The summed E-state index contributed by atoms with van der Waals surface area (Å²) in [5.41, 5.74) is -0.120. The lowest BCUT2D eigenvalue weighted by Crippen LogP contribution is -2.52. The third-order valence-corrected chi connectivity index (χ3v) is 10.4. The van der Waals surface area contributed by atoms with Crippen molar-refractivity contribution in [3.8, 4) is 0 Å². The van der Waals surface area contributed by atoms with E-state index in [1.807, 2.05) is 86.7 Å². The van der Waals surface area contributed by atoms with E-state index in [1.165, 1.54) is 0 Å². The van der Waals surface area contributed by atoms with Gasteiger partial charge in [-0.05, 0) is 71.0 Å². The van der Waals surface area contributed by atoms with E-state index in [9.17, 15) is 13.6 Å². The van der Waals surface area contributed by atoms with Crippen molar-refractivity contribution in [1.29, 1.82) is 0 Å². The van der Waals surface area contributed by atoms with Crippen molar-refractivity contribution in [2.24, 2.45) is 17.8 Å². The van der Waals surface area contributed by atoms with Crippen molar-refractivity contribution < 1.29 is 32.6 Å². The van der Waals surface area contributed by atoms with Gasteiger partial charge in [0.1, 0.15) is 5.60 Å². The van der Waals surface area contributed by atoms with Gasteiger partial charge in [-0.25, -0.2) is 8.78 Å². The zero-order chi connectivity index (χ0) is 39.8. The number of carbonyl (C=O) groups is 2. The number of rotatable bonds is 23. The van der Waals surface area contributed by atoms with Crippen molar-refractivity contribution in [2.75, 3.05) is 13.7 Å². The summed E-state index contributed by atoms with van der Waals surface area (Å²) in [6.07, 6.45) is 12.0. The van der Waals surface area contributed by atoms with Crippen LogP contribution in [0.2, 0.25) is 0 Å². The maximum absolute atomic E-state index is 15.1. The zero-order valence-electron chi connectivity index (χ0n) is 33.8. The third-order valence-electron chi connectivity index (χ3n) is 10.1. The lowest BCUT2D eigenvalue weighted by Gasteiger charge is -2.39. The summed E-state index contributed by atoms with van der Waals surface area (Å²) in [4.78, 5) is 30.6. The SMILES string of the molecule is CCCCCCCC(F)(F)CCCCCC/C=C/[C@H](C(=O)N1C(=S)OC(c2ccccc2)(c2ccccc2)[C@@H]1C(C)C)[C@@H](CCOC)C(=O)OC(C)(C)C. The van der Waals surface area contributed by atoms with Gasteiger partial charge >= 0.3 is 5.97 Å². The number of halogens is 2. The number of esters is 1. The van der Waals surface area contributed by atoms with Gasteiger partial charge in [0, 0.05) is 37.7 Å². The van der Waals surface area contributed by atoms with Gasteiger partial charge in [-0.15, -0.1) is 0 Å². The van der Waals surface area contributed by atoms with Gasteiger partial charge in [0.2, 0.25) is 11.8 Å². The molecule has 0 spiro atoms. The fraction of sp³-hybridized carbons (Fsp3) is 0.622. The Labute approximate surface area is 329 Å². The standard InChI is InChI=1S/C45H65F2NO5S/c1-8-9-10-14-23-31-44(46,47)32-24-15-12-11-13-22-29-37(38(30-33-51-7)41(50)52-43(4,5)6)40(49)48-39(34(2)3)45(53-42(48)54,35-25-18-16-19-26-35)36-27-20-17-21-28-36/h16-22,25-29,34,37-39H,8-15,23-24,30-33H2,1-7H3/b29-22+/t37-,38+,39-/m0/s1. The number of nitrogens with zero attached hydrogens (tertiary/aromatic N) is 1. The minimum absolute atomic E-state index is 0.0300. The molecule has 0 unspecified atom stereocenters. The molecule has 3 rings (SSSR count). The van der Waals surface area contributed by atoms with Crippen LogP contribution >= 0.6 is 12.2 Å². The average molecular weight is 770 g/mol. The van der Waals surface area contributed by atoms with Crippen LogP contribution in [-0.2, 0) is 29.4 Å². The van der Waals surface area contributed by atoms with Crippen LogP contribution in [0.25, 0.3) is 0 Å². The van der Waals surface area contributed by atoms with E-state index in [4.69, 9.17) is 26.4 Å². The Kier molecular flexibility index (Phi) is 18.3. The van der Waals surface area contributed by atoms with Crippen LogP contribution in [0.4, 0.5) is 8.78 Å². The Morgan fingerprint density at radius 1 is 0.889 bits per heavy atom. The number of alkyl halides is 2. The fourth-order valence-electron chi connectivity index (χ4n) is 7.50. The quantitative estimate of drug-likeness (QED) is 0.0485. The highest BCUT2D eigenvalue weighted by Gasteiger charge is 2.58. The second-order valence-electron chi connectivity index (χ2n) is 16.1. The molecule has 3 atom stereocenters. The summed E-state index contributed by atoms with van der Waals surface area (Å²) in [5, 5.41) is 0.0530. The molecular weight excluding hydrogens is 705 g/mol. The molecule has 9 heteroatoms. The zero-order valence-corrected chi connectivity index (χ0v) is 34.6. The summed E-state index contributed by atoms with van der Waals surface area (Å²) in [7, 11) is 1.56. The van der Waals surface area contributed by atoms with Gasteiger partial charge < -0.3 is 14.2 Å². The fourth-order valence-corrected chi connectivity index (χ4v) is 7.84. The minimum Gasteiger partial charge on any atom is -0.460 e. The monoisotopic (exact) mass is 769 g/mol. The van der Waals surface area contributed by atoms with E-state index in [-0.39, 0.29) is 42.9 Å². The highest BCUT2D eigenvalue weighted by atomic mass is 32.1. The van der Waals surface area contributed by atoms with Gasteiger partial charge in [0.15, 0.2) is 5.60 Å². The van der Waals surface area contributed by atoms with E-state index in [0.717, 1.165) is 49.7 Å². The number of allylic oxidation sites excluding steroid dienone is 1. The molecule has 1 saturated heterocycles. The summed E-state index contributed by atoms with van der Waals surface area (Å²) in [6.45, 7) is 11.9. The Balaban J connectivity index is 1.87. The average Bonchev–Trinajstić information content (AvgIpc) is 3.45. The second-order valence-corrected chi connectivity index (χ2v) is 16.4. The lowest BCUT2D eigenvalue weighted by molar-refractivity contribution is -0.164. The molecule has 1 aliphatic rings. The molecule has 300 valence electrons. The number of methoxy groups -OCH3 is 1. The number of amides is 1. The predicted molar refractivity (Wildman–Crippen MR) is 217 cm³/mol. The van der Waals surface area contributed by atoms with Gasteiger partial charge in [-0.2, -0.15) is 0 Å². The number of benzene rings is 2. The van der Waals surface area contributed by atoms with Crippen LogP contribution in [0.3, 0.4) is 0 Å². The van der Waals surface area contributed by atoms with Crippen LogP contribution in [0, 0.1) is 17.8 Å². The topological polar surface area (TPSA) is 65.1 Å². The number of hydrogen-bond donors (Lipinski definition) is 0.